The van der Waals surface area contributed by atoms with E-state index in [2.05, 4.69) is 20.4 Å². The minimum Gasteiger partial charge on any atom is -0.444 e. The molecule has 0 aromatic carbocycles. The highest BCUT2D eigenvalue weighted by molar-refractivity contribution is 7.71. The summed E-state index contributed by atoms with van der Waals surface area (Å²) >= 11 is 0. The molecule has 1 aliphatic heterocycles. The molecule has 1 fully saturated rings. The van der Waals surface area contributed by atoms with Gasteiger partial charge in [0.15, 0.2) is 5.65 Å². The highest BCUT2D eigenvalue weighted by Gasteiger charge is 2.27. The summed E-state index contributed by atoms with van der Waals surface area (Å²) in [7, 11) is -2.63. The predicted octanol–water partition coefficient (Wildman–Crippen LogP) is 2.42. The van der Waals surface area contributed by atoms with Gasteiger partial charge in [-0.2, -0.15) is 14.6 Å². The topological polar surface area (TPSA) is 119 Å². The zero-order valence-electron chi connectivity index (χ0n) is 18.8. The fourth-order valence-corrected chi connectivity index (χ4v) is 3.90. The lowest BCUT2D eigenvalue weighted by atomic mass is 9.97. The number of piperidine rings is 1. The standard InChI is InChI=1S/C20H32N6O4S/c1-13(2)15-11-22-26-17(15)23-16(12-31(28)29)24-18(26)21-10-14-6-8-25(9-7-14)19(27)30-20(3,4)5/h11,13-14,31H,6-10,12H2,1-5H3,(H,21,23,24). The van der Waals surface area contributed by atoms with Crippen molar-refractivity contribution in [3.8, 4) is 0 Å². The second-order valence-corrected chi connectivity index (χ2v) is 10.2. The van der Waals surface area contributed by atoms with E-state index in [-0.39, 0.29) is 23.6 Å². The van der Waals surface area contributed by atoms with Gasteiger partial charge in [-0.05, 0) is 45.4 Å². The Morgan fingerprint density at radius 2 is 1.94 bits per heavy atom. The van der Waals surface area contributed by atoms with Crippen molar-refractivity contribution in [2.75, 3.05) is 25.0 Å². The van der Waals surface area contributed by atoms with E-state index in [4.69, 9.17) is 4.74 Å². The van der Waals surface area contributed by atoms with Crippen molar-refractivity contribution in [3.63, 3.8) is 0 Å². The Morgan fingerprint density at radius 3 is 2.52 bits per heavy atom. The van der Waals surface area contributed by atoms with Crippen LogP contribution in [0, 0.1) is 5.92 Å². The molecule has 0 unspecified atom stereocenters. The molecule has 1 aliphatic rings. The first-order valence-electron chi connectivity index (χ1n) is 10.6. The van der Waals surface area contributed by atoms with Crippen molar-refractivity contribution in [3.05, 3.63) is 17.6 Å². The zero-order chi connectivity index (χ0) is 22.8. The number of nitrogens with one attached hydrogen (secondary N) is 1. The molecule has 1 amide bonds. The number of nitrogens with zero attached hydrogens (tertiary/aromatic N) is 5. The predicted molar refractivity (Wildman–Crippen MR) is 118 cm³/mol. The smallest absolute Gasteiger partial charge is 0.410 e. The third-order valence-electron chi connectivity index (χ3n) is 5.15. The number of aromatic nitrogens is 4. The molecule has 0 radical (unpaired) electrons. The number of hydrogen-bond acceptors (Lipinski definition) is 8. The van der Waals surface area contributed by atoms with E-state index in [1.165, 1.54) is 0 Å². The Morgan fingerprint density at radius 1 is 1.26 bits per heavy atom. The highest BCUT2D eigenvalue weighted by atomic mass is 32.2. The van der Waals surface area contributed by atoms with Gasteiger partial charge in [0.2, 0.25) is 5.95 Å². The third-order valence-corrected chi connectivity index (χ3v) is 5.69. The van der Waals surface area contributed by atoms with Gasteiger partial charge in [-0.1, -0.05) is 13.8 Å². The summed E-state index contributed by atoms with van der Waals surface area (Å²) in [6.07, 6.45) is 3.16. The van der Waals surface area contributed by atoms with Gasteiger partial charge in [-0.3, -0.25) is 0 Å². The highest BCUT2D eigenvalue weighted by Crippen LogP contribution is 2.23. The van der Waals surface area contributed by atoms with Crippen molar-refractivity contribution in [1.29, 1.82) is 0 Å². The molecule has 1 saturated heterocycles. The lowest BCUT2D eigenvalue weighted by molar-refractivity contribution is 0.0188. The molecule has 1 N–H and O–H groups in total. The van der Waals surface area contributed by atoms with Crippen LogP contribution in [0.15, 0.2) is 6.20 Å². The van der Waals surface area contributed by atoms with Crippen LogP contribution < -0.4 is 5.32 Å². The van der Waals surface area contributed by atoms with Crippen LogP contribution in [0.3, 0.4) is 0 Å². The minimum atomic E-state index is -2.63. The van der Waals surface area contributed by atoms with E-state index in [1.54, 1.807) is 15.6 Å². The first-order valence-corrected chi connectivity index (χ1v) is 12.0. The summed E-state index contributed by atoms with van der Waals surface area (Å²) in [6, 6.07) is 0. The van der Waals surface area contributed by atoms with E-state index in [0.717, 1.165) is 18.4 Å². The fourth-order valence-electron chi connectivity index (χ4n) is 3.53. The second-order valence-electron chi connectivity index (χ2n) is 9.24. The summed E-state index contributed by atoms with van der Waals surface area (Å²) < 4.78 is 29.5. The summed E-state index contributed by atoms with van der Waals surface area (Å²) in [5.74, 6) is 1.08. The first-order chi connectivity index (χ1) is 14.5. The Hall–Kier alpha value is -2.43. The van der Waals surface area contributed by atoms with Gasteiger partial charge in [0.25, 0.3) is 0 Å². The van der Waals surface area contributed by atoms with Gasteiger partial charge < -0.3 is 15.0 Å². The first kappa shape index (κ1) is 23.2. The van der Waals surface area contributed by atoms with Crippen LogP contribution in [-0.4, -0.2) is 64.2 Å². The minimum absolute atomic E-state index is 0.200. The van der Waals surface area contributed by atoms with Crippen molar-refractivity contribution in [1.82, 2.24) is 24.5 Å². The average molecular weight is 453 g/mol. The quantitative estimate of drug-likeness (QED) is 0.642. The molecular formula is C20H32N6O4S. The van der Waals surface area contributed by atoms with Crippen LogP contribution in [0.25, 0.3) is 5.65 Å². The van der Waals surface area contributed by atoms with Gasteiger partial charge in [0.05, 0.1) is 6.20 Å². The zero-order valence-corrected chi connectivity index (χ0v) is 19.7. The maximum atomic E-state index is 12.2. The summed E-state index contributed by atoms with van der Waals surface area (Å²) in [5, 5.41) is 7.73. The number of hydrogen-bond donors (Lipinski definition) is 2. The molecule has 0 spiro atoms. The Kier molecular flexibility index (Phi) is 7.03. The number of thiol groups is 1. The molecule has 3 heterocycles. The van der Waals surface area contributed by atoms with E-state index in [1.807, 2.05) is 34.6 Å². The van der Waals surface area contributed by atoms with Crippen LogP contribution in [0.5, 0.6) is 0 Å². The van der Waals surface area contributed by atoms with E-state index in [9.17, 15) is 13.2 Å². The number of fused-ring (bicyclic) bond motifs is 1. The van der Waals surface area contributed by atoms with Crippen molar-refractivity contribution in [2.45, 2.75) is 64.7 Å². The van der Waals surface area contributed by atoms with Gasteiger partial charge in [0.1, 0.15) is 27.9 Å². The molecule has 31 heavy (non-hydrogen) atoms. The Labute approximate surface area is 184 Å². The number of ether oxygens (including phenoxy) is 1. The molecule has 0 saturated carbocycles. The molecule has 0 atom stereocenters. The number of amides is 1. The van der Waals surface area contributed by atoms with Crippen LogP contribution >= 0.6 is 0 Å². The van der Waals surface area contributed by atoms with Crippen molar-refractivity contribution in [2.24, 2.45) is 5.92 Å². The molecule has 10 nitrogen and oxygen atoms in total. The SMILES string of the molecule is CC(C)c1cnn2c(NCC3CCN(C(=O)OC(C)(C)C)CC3)nc(C[SH](=O)=O)nc12. The lowest BCUT2D eigenvalue weighted by Crippen LogP contribution is -2.42. The second kappa shape index (κ2) is 9.37. The number of likely N-dealkylation sites (tertiary alicyclic amines) is 1. The van der Waals surface area contributed by atoms with Crippen molar-refractivity contribution >= 4 is 28.4 Å². The molecule has 3 rings (SSSR count). The van der Waals surface area contributed by atoms with Gasteiger partial charge in [0, 0.05) is 25.2 Å². The number of rotatable bonds is 6. The lowest BCUT2D eigenvalue weighted by Gasteiger charge is -2.33. The number of anilines is 1. The van der Waals surface area contributed by atoms with Crippen LogP contribution in [0.4, 0.5) is 10.7 Å². The molecular weight excluding hydrogens is 420 g/mol. The number of carbonyl (C=O) groups excluding carboxylic acids is 1. The summed E-state index contributed by atoms with van der Waals surface area (Å²) in [4.78, 5) is 22.8. The molecule has 11 heteroatoms. The maximum absolute atomic E-state index is 12.2. The van der Waals surface area contributed by atoms with E-state index >= 15 is 0 Å². The average Bonchev–Trinajstić information content (AvgIpc) is 3.09. The Bertz CT molecular complexity index is 995. The van der Waals surface area contributed by atoms with Gasteiger partial charge >= 0.3 is 6.09 Å². The number of carbonyl (C=O) groups is 1. The fraction of sp³-hybridized carbons (Fsp3) is 0.700. The van der Waals surface area contributed by atoms with Crippen LogP contribution in [0.2, 0.25) is 0 Å². The van der Waals surface area contributed by atoms with Gasteiger partial charge in [-0.25, -0.2) is 18.2 Å². The maximum Gasteiger partial charge on any atom is 0.410 e. The van der Waals surface area contributed by atoms with E-state index in [0.29, 0.717) is 37.1 Å². The molecule has 2 aromatic heterocycles. The molecule has 0 bridgehead atoms. The van der Waals surface area contributed by atoms with Gasteiger partial charge in [-0.15, -0.1) is 0 Å². The molecule has 0 aliphatic carbocycles. The molecule has 2 aromatic rings. The summed E-state index contributed by atoms with van der Waals surface area (Å²) in [6.45, 7) is 11.6. The van der Waals surface area contributed by atoms with Crippen LogP contribution in [0.1, 0.15) is 64.8 Å². The van der Waals surface area contributed by atoms with Crippen molar-refractivity contribution < 1.29 is 17.9 Å². The normalized spacial score (nSPS) is 15.8. The Balaban J connectivity index is 1.68. The van der Waals surface area contributed by atoms with Crippen LogP contribution in [-0.2, 0) is 21.2 Å². The monoisotopic (exact) mass is 452 g/mol. The molecule has 172 valence electrons. The summed E-state index contributed by atoms with van der Waals surface area (Å²) in [5.41, 5.74) is 1.07. The van der Waals surface area contributed by atoms with E-state index < -0.39 is 16.3 Å². The largest absolute Gasteiger partial charge is 0.444 e. The third kappa shape index (κ3) is 6.05.